The highest BCUT2D eigenvalue weighted by atomic mass is 19.1. The van der Waals surface area contributed by atoms with Crippen molar-refractivity contribution in [3.63, 3.8) is 0 Å². The summed E-state index contributed by atoms with van der Waals surface area (Å²) in [6, 6.07) is 11.8. The fourth-order valence-electron chi connectivity index (χ4n) is 1.70. The minimum Gasteiger partial charge on any atom is -0.494 e. The van der Waals surface area contributed by atoms with Gasteiger partial charge >= 0.3 is 0 Å². The first kappa shape index (κ1) is 14.3. The molecule has 2 rings (SSSR count). The van der Waals surface area contributed by atoms with Gasteiger partial charge in [-0.3, -0.25) is 0 Å². The van der Waals surface area contributed by atoms with Crippen molar-refractivity contribution in [3.8, 4) is 17.2 Å². The molecule has 20 heavy (non-hydrogen) atoms. The zero-order valence-corrected chi connectivity index (χ0v) is 11.4. The van der Waals surface area contributed by atoms with Gasteiger partial charge in [-0.05, 0) is 48.4 Å². The van der Waals surface area contributed by atoms with Crippen LogP contribution in [0.3, 0.4) is 0 Å². The summed E-state index contributed by atoms with van der Waals surface area (Å²) in [6.07, 6.45) is 0.955. The monoisotopic (exact) mass is 275 g/mol. The second-order valence-corrected chi connectivity index (χ2v) is 4.39. The van der Waals surface area contributed by atoms with E-state index in [2.05, 4.69) is 0 Å². The zero-order valence-electron chi connectivity index (χ0n) is 11.4. The van der Waals surface area contributed by atoms with E-state index in [9.17, 15) is 4.39 Å². The molecule has 0 fully saturated rings. The third-order valence-corrected chi connectivity index (χ3v) is 2.76. The molecule has 0 unspecified atom stereocenters. The van der Waals surface area contributed by atoms with Crippen LogP contribution in [0, 0.1) is 5.82 Å². The number of halogens is 1. The van der Waals surface area contributed by atoms with Crippen molar-refractivity contribution < 1.29 is 13.9 Å². The molecule has 0 spiro atoms. The van der Waals surface area contributed by atoms with Crippen molar-refractivity contribution in [2.24, 2.45) is 5.73 Å². The molecule has 0 aliphatic carbocycles. The highest BCUT2D eigenvalue weighted by Gasteiger charge is 2.06. The SMILES string of the molecule is CCCOc1ccc(Oc2ccc(CN)cc2F)cc1. The van der Waals surface area contributed by atoms with Gasteiger partial charge in [0.1, 0.15) is 11.5 Å². The molecule has 0 atom stereocenters. The van der Waals surface area contributed by atoms with Crippen LogP contribution in [-0.2, 0) is 6.54 Å². The Morgan fingerprint density at radius 2 is 1.75 bits per heavy atom. The summed E-state index contributed by atoms with van der Waals surface area (Å²) in [6.45, 7) is 3.03. The molecule has 2 N–H and O–H groups in total. The Morgan fingerprint density at radius 3 is 2.35 bits per heavy atom. The van der Waals surface area contributed by atoms with Gasteiger partial charge in [0.25, 0.3) is 0 Å². The first-order valence-electron chi connectivity index (χ1n) is 6.62. The fourth-order valence-corrected chi connectivity index (χ4v) is 1.70. The molecular weight excluding hydrogens is 257 g/mol. The molecule has 0 aliphatic rings. The van der Waals surface area contributed by atoms with Gasteiger partial charge in [0.05, 0.1) is 6.61 Å². The second-order valence-electron chi connectivity index (χ2n) is 4.39. The first-order chi connectivity index (χ1) is 9.72. The van der Waals surface area contributed by atoms with E-state index in [-0.39, 0.29) is 5.75 Å². The van der Waals surface area contributed by atoms with Gasteiger partial charge in [-0.1, -0.05) is 13.0 Å². The third-order valence-electron chi connectivity index (χ3n) is 2.76. The van der Waals surface area contributed by atoms with Crippen LogP contribution >= 0.6 is 0 Å². The third kappa shape index (κ3) is 3.71. The van der Waals surface area contributed by atoms with Crippen molar-refractivity contribution in [2.45, 2.75) is 19.9 Å². The number of rotatable bonds is 6. The second kappa shape index (κ2) is 6.91. The van der Waals surface area contributed by atoms with E-state index < -0.39 is 5.82 Å². The molecule has 0 aliphatic heterocycles. The average Bonchev–Trinajstić information content (AvgIpc) is 2.48. The molecule has 106 valence electrons. The molecule has 3 nitrogen and oxygen atoms in total. The summed E-state index contributed by atoms with van der Waals surface area (Å²) in [7, 11) is 0. The van der Waals surface area contributed by atoms with E-state index in [1.807, 2.05) is 6.92 Å². The summed E-state index contributed by atoms with van der Waals surface area (Å²) in [5.41, 5.74) is 6.19. The van der Waals surface area contributed by atoms with E-state index in [1.54, 1.807) is 36.4 Å². The largest absolute Gasteiger partial charge is 0.494 e. The first-order valence-corrected chi connectivity index (χ1v) is 6.62. The number of benzene rings is 2. The van der Waals surface area contributed by atoms with Crippen molar-refractivity contribution in [1.29, 1.82) is 0 Å². The minimum absolute atomic E-state index is 0.185. The molecule has 0 bridgehead atoms. The number of hydrogen-bond donors (Lipinski definition) is 1. The summed E-state index contributed by atoms with van der Waals surface area (Å²) in [4.78, 5) is 0. The van der Waals surface area contributed by atoms with Crippen molar-refractivity contribution in [2.75, 3.05) is 6.61 Å². The molecule has 4 heteroatoms. The van der Waals surface area contributed by atoms with E-state index >= 15 is 0 Å². The molecule has 0 heterocycles. The highest BCUT2D eigenvalue weighted by Crippen LogP contribution is 2.26. The maximum atomic E-state index is 13.8. The van der Waals surface area contributed by atoms with Gasteiger partial charge in [-0.15, -0.1) is 0 Å². The fraction of sp³-hybridized carbons (Fsp3) is 0.250. The van der Waals surface area contributed by atoms with E-state index in [0.717, 1.165) is 17.7 Å². The average molecular weight is 275 g/mol. The summed E-state index contributed by atoms with van der Waals surface area (Å²) in [5, 5.41) is 0. The number of ether oxygens (including phenoxy) is 2. The van der Waals surface area contributed by atoms with Crippen LogP contribution in [0.2, 0.25) is 0 Å². The Morgan fingerprint density at radius 1 is 1.05 bits per heavy atom. The van der Waals surface area contributed by atoms with Crippen molar-refractivity contribution >= 4 is 0 Å². The van der Waals surface area contributed by atoms with E-state index in [4.69, 9.17) is 15.2 Å². The lowest BCUT2D eigenvalue weighted by atomic mass is 10.2. The topological polar surface area (TPSA) is 44.5 Å². The number of nitrogens with two attached hydrogens (primary N) is 1. The smallest absolute Gasteiger partial charge is 0.166 e. The summed E-state index contributed by atoms with van der Waals surface area (Å²) in [5.74, 6) is 1.11. The van der Waals surface area contributed by atoms with Crippen LogP contribution < -0.4 is 15.2 Å². The van der Waals surface area contributed by atoms with E-state index in [0.29, 0.717) is 18.9 Å². The predicted molar refractivity (Wildman–Crippen MR) is 76.6 cm³/mol. The number of hydrogen-bond acceptors (Lipinski definition) is 3. The lowest BCUT2D eigenvalue weighted by Gasteiger charge is -2.09. The Balaban J connectivity index is 2.06. The maximum absolute atomic E-state index is 13.8. The van der Waals surface area contributed by atoms with Gasteiger partial charge in [-0.25, -0.2) is 4.39 Å². The van der Waals surface area contributed by atoms with Crippen LogP contribution in [0.4, 0.5) is 4.39 Å². The van der Waals surface area contributed by atoms with Crippen LogP contribution in [0.1, 0.15) is 18.9 Å². The Hall–Kier alpha value is -2.07. The van der Waals surface area contributed by atoms with Crippen molar-refractivity contribution in [3.05, 3.63) is 53.8 Å². The van der Waals surface area contributed by atoms with Crippen LogP contribution in [-0.4, -0.2) is 6.61 Å². The van der Waals surface area contributed by atoms with Gasteiger partial charge in [0, 0.05) is 6.54 Å². The lowest BCUT2D eigenvalue weighted by Crippen LogP contribution is -1.98. The van der Waals surface area contributed by atoms with Gasteiger partial charge in [0.15, 0.2) is 11.6 Å². The molecule has 0 radical (unpaired) electrons. The molecule has 0 saturated heterocycles. The van der Waals surface area contributed by atoms with E-state index in [1.165, 1.54) is 6.07 Å². The van der Waals surface area contributed by atoms with Crippen LogP contribution in [0.25, 0.3) is 0 Å². The quantitative estimate of drug-likeness (QED) is 0.870. The van der Waals surface area contributed by atoms with Gasteiger partial charge < -0.3 is 15.2 Å². The summed E-state index contributed by atoms with van der Waals surface area (Å²) >= 11 is 0. The molecule has 0 amide bonds. The molecular formula is C16H18FNO2. The molecule has 0 saturated carbocycles. The standard InChI is InChI=1S/C16H18FNO2/c1-2-9-19-13-4-6-14(7-5-13)20-16-8-3-12(11-18)10-15(16)17/h3-8,10H,2,9,11,18H2,1H3. The predicted octanol–water partition coefficient (Wildman–Crippen LogP) is 3.87. The molecule has 2 aromatic rings. The lowest BCUT2D eigenvalue weighted by molar-refractivity contribution is 0.317. The molecule has 0 aromatic heterocycles. The Bertz CT molecular complexity index is 555. The minimum atomic E-state index is -0.417. The van der Waals surface area contributed by atoms with Crippen molar-refractivity contribution in [1.82, 2.24) is 0 Å². The van der Waals surface area contributed by atoms with Gasteiger partial charge in [-0.2, -0.15) is 0 Å². The maximum Gasteiger partial charge on any atom is 0.166 e. The highest BCUT2D eigenvalue weighted by molar-refractivity contribution is 5.37. The van der Waals surface area contributed by atoms with Crippen LogP contribution in [0.15, 0.2) is 42.5 Å². The molecule has 2 aromatic carbocycles. The Kier molecular flexibility index (Phi) is 4.96. The summed E-state index contributed by atoms with van der Waals surface area (Å²) < 4.78 is 24.7. The zero-order chi connectivity index (χ0) is 14.4. The van der Waals surface area contributed by atoms with Crippen LogP contribution in [0.5, 0.6) is 17.2 Å². The normalized spacial score (nSPS) is 10.3. The Labute approximate surface area is 118 Å². The van der Waals surface area contributed by atoms with Gasteiger partial charge in [0.2, 0.25) is 0 Å².